The van der Waals surface area contributed by atoms with Crippen LogP contribution in [0.5, 0.6) is 11.5 Å². The van der Waals surface area contributed by atoms with Crippen molar-refractivity contribution in [2.75, 3.05) is 7.11 Å². The van der Waals surface area contributed by atoms with Gasteiger partial charge in [-0.25, -0.2) is 4.79 Å². The Labute approximate surface area is 94.8 Å². The van der Waals surface area contributed by atoms with E-state index in [1.54, 1.807) is 20.8 Å². The van der Waals surface area contributed by atoms with Crippen LogP contribution in [0, 0.1) is 0 Å². The summed E-state index contributed by atoms with van der Waals surface area (Å²) in [6.07, 6.45) is 0. The molecule has 0 radical (unpaired) electrons. The van der Waals surface area contributed by atoms with Gasteiger partial charge in [-0.05, 0) is 32.9 Å². The van der Waals surface area contributed by atoms with Gasteiger partial charge in [0, 0.05) is 6.07 Å². The van der Waals surface area contributed by atoms with Crippen LogP contribution >= 0.6 is 0 Å². The third kappa shape index (κ3) is 3.46. The maximum atomic E-state index is 11.7. The van der Waals surface area contributed by atoms with Gasteiger partial charge in [-0.15, -0.1) is 0 Å². The van der Waals surface area contributed by atoms with E-state index < -0.39 is 11.6 Å². The zero-order valence-corrected chi connectivity index (χ0v) is 9.90. The summed E-state index contributed by atoms with van der Waals surface area (Å²) in [5.41, 5.74) is -0.290. The molecule has 0 atom stereocenters. The van der Waals surface area contributed by atoms with Crippen molar-refractivity contribution in [1.82, 2.24) is 0 Å². The van der Waals surface area contributed by atoms with E-state index in [4.69, 9.17) is 9.47 Å². The van der Waals surface area contributed by atoms with Crippen LogP contribution in [0.4, 0.5) is 0 Å². The number of benzene rings is 1. The van der Waals surface area contributed by atoms with Crippen LogP contribution in [-0.2, 0) is 4.74 Å². The minimum atomic E-state index is -0.560. The number of ether oxygens (including phenoxy) is 2. The average molecular weight is 224 g/mol. The third-order valence-corrected chi connectivity index (χ3v) is 1.76. The van der Waals surface area contributed by atoms with E-state index in [0.717, 1.165) is 0 Å². The molecule has 0 bridgehead atoms. The summed E-state index contributed by atoms with van der Waals surface area (Å²) in [5, 5.41) is 9.38. The molecule has 0 saturated carbocycles. The van der Waals surface area contributed by atoms with Crippen molar-refractivity contribution >= 4 is 5.97 Å². The first-order valence-corrected chi connectivity index (χ1v) is 4.93. The predicted octanol–water partition coefficient (Wildman–Crippen LogP) is 2.36. The topological polar surface area (TPSA) is 55.8 Å². The Hall–Kier alpha value is -1.71. The molecule has 0 heterocycles. The number of aromatic hydroxyl groups is 1. The number of phenolic OH excluding ortho intramolecular Hbond substituents is 1. The summed E-state index contributed by atoms with van der Waals surface area (Å²) < 4.78 is 10.1. The average Bonchev–Trinajstić information content (AvgIpc) is 2.14. The quantitative estimate of drug-likeness (QED) is 0.783. The fraction of sp³-hybridized carbons (Fsp3) is 0.417. The molecule has 16 heavy (non-hydrogen) atoms. The zero-order chi connectivity index (χ0) is 12.3. The highest BCUT2D eigenvalue weighted by atomic mass is 16.6. The van der Waals surface area contributed by atoms with Gasteiger partial charge in [0.1, 0.15) is 17.1 Å². The van der Waals surface area contributed by atoms with E-state index >= 15 is 0 Å². The standard InChI is InChI=1S/C12H16O4/c1-12(2,3)16-11(14)8-5-9(13)7-10(6-8)15-4/h5-7,13H,1-4H3. The summed E-state index contributed by atoms with van der Waals surface area (Å²) in [5.74, 6) is -0.0947. The maximum absolute atomic E-state index is 11.7. The normalized spacial score (nSPS) is 11.0. The predicted molar refractivity (Wildman–Crippen MR) is 59.8 cm³/mol. The van der Waals surface area contributed by atoms with Crippen LogP contribution in [0.2, 0.25) is 0 Å². The van der Waals surface area contributed by atoms with Crippen LogP contribution in [0.3, 0.4) is 0 Å². The van der Waals surface area contributed by atoms with Gasteiger partial charge in [0.05, 0.1) is 12.7 Å². The molecule has 4 heteroatoms. The SMILES string of the molecule is COc1cc(O)cc(C(=O)OC(C)(C)C)c1. The molecule has 1 rings (SSSR count). The Morgan fingerprint density at radius 3 is 2.38 bits per heavy atom. The van der Waals surface area contributed by atoms with Crippen molar-refractivity contribution < 1.29 is 19.4 Å². The van der Waals surface area contributed by atoms with Crippen LogP contribution < -0.4 is 4.74 Å². The van der Waals surface area contributed by atoms with Gasteiger partial charge < -0.3 is 14.6 Å². The van der Waals surface area contributed by atoms with E-state index in [1.165, 1.54) is 25.3 Å². The number of phenols is 1. The molecular weight excluding hydrogens is 208 g/mol. The smallest absolute Gasteiger partial charge is 0.338 e. The fourth-order valence-electron chi connectivity index (χ4n) is 1.16. The van der Waals surface area contributed by atoms with Crippen molar-refractivity contribution in [1.29, 1.82) is 0 Å². The Morgan fingerprint density at radius 1 is 1.25 bits per heavy atom. The monoisotopic (exact) mass is 224 g/mol. The van der Waals surface area contributed by atoms with Crippen molar-refractivity contribution in [3.8, 4) is 11.5 Å². The van der Waals surface area contributed by atoms with Crippen molar-refractivity contribution in [2.24, 2.45) is 0 Å². The molecule has 1 aromatic rings. The molecule has 1 N–H and O–H groups in total. The highest BCUT2D eigenvalue weighted by Crippen LogP contribution is 2.23. The molecule has 0 aliphatic carbocycles. The fourth-order valence-corrected chi connectivity index (χ4v) is 1.16. The molecule has 1 aromatic carbocycles. The summed E-state index contributed by atoms with van der Waals surface area (Å²) in [6.45, 7) is 5.35. The van der Waals surface area contributed by atoms with Gasteiger partial charge in [-0.1, -0.05) is 0 Å². The molecule has 0 saturated heterocycles. The number of carbonyl (C=O) groups is 1. The Bertz CT molecular complexity index is 390. The second kappa shape index (κ2) is 4.43. The summed E-state index contributed by atoms with van der Waals surface area (Å²) in [6, 6.07) is 4.29. The van der Waals surface area contributed by atoms with E-state index in [1.807, 2.05) is 0 Å². The lowest BCUT2D eigenvalue weighted by atomic mass is 10.1. The molecule has 0 amide bonds. The first-order valence-electron chi connectivity index (χ1n) is 4.93. The van der Waals surface area contributed by atoms with E-state index in [9.17, 15) is 9.90 Å². The number of esters is 1. The number of hydrogen-bond acceptors (Lipinski definition) is 4. The van der Waals surface area contributed by atoms with Crippen LogP contribution in [-0.4, -0.2) is 23.8 Å². The number of rotatable bonds is 2. The van der Waals surface area contributed by atoms with Gasteiger partial charge in [0.25, 0.3) is 0 Å². The molecule has 0 unspecified atom stereocenters. The lowest BCUT2D eigenvalue weighted by Crippen LogP contribution is -2.23. The van der Waals surface area contributed by atoms with Gasteiger partial charge in [-0.3, -0.25) is 0 Å². The zero-order valence-electron chi connectivity index (χ0n) is 9.90. The minimum Gasteiger partial charge on any atom is -0.508 e. The second-order valence-corrected chi connectivity index (χ2v) is 4.42. The molecular formula is C12H16O4. The summed E-state index contributed by atoms with van der Waals surface area (Å²) in [7, 11) is 1.47. The third-order valence-electron chi connectivity index (χ3n) is 1.76. The summed E-state index contributed by atoms with van der Waals surface area (Å²) >= 11 is 0. The van der Waals surface area contributed by atoms with Crippen LogP contribution in [0.25, 0.3) is 0 Å². The minimum absolute atomic E-state index is 0.0276. The molecule has 0 fully saturated rings. The number of hydrogen-bond donors (Lipinski definition) is 1. The van der Waals surface area contributed by atoms with Crippen molar-refractivity contribution in [3.05, 3.63) is 23.8 Å². The van der Waals surface area contributed by atoms with Crippen LogP contribution in [0.15, 0.2) is 18.2 Å². The largest absolute Gasteiger partial charge is 0.508 e. The van der Waals surface area contributed by atoms with Gasteiger partial charge in [0.2, 0.25) is 0 Å². The van der Waals surface area contributed by atoms with Gasteiger partial charge in [-0.2, -0.15) is 0 Å². The molecule has 0 aliphatic rings. The Morgan fingerprint density at radius 2 is 1.88 bits per heavy atom. The van der Waals surface area contributed by atoms with E-state index in [-0.39, 0.29) is 11.3 Å². The highest BCUT2D eigenvalue weighted by molar-refractivity contribution is 5.90. The molecule has 0 aromatic heterocycles. The van der Waals surface area contributed by atoms with E-state index in [0.29, 0.717) is 5.75 Å². The van der Waals surface area contributed by atoms with Crippen molar-refractivity contribution in [3.63, 3.8) is 0 Å². The van der Waals surface area contributed by atoms with Crippen LogP contribution in [0.1, 0.15) is 31.1 Å². The first-order chi connectivity index (χ1) is 7.31. The lowest BCUT2D eigenvalue weighted by molar-refractivity contribution is 0.00687. The second-order valence-electron chi connectivity index (χ2n) is 4.42. The maximum Gasteiger partial charge on any atom is 0.338 e. The van der Waals surface area contributed by atoms with E-state index in [2.05, 4.69) is 0 Å². The number of methoxy groups -OCH3 is 1. The van der Waals surface area contributed by atoms with Gasteiger partial charge in [0.15, 0.2) is 0 Å². The Kier molecular flexibility index (Phi) is 3.42. The number of carbonyl (C=O) groups excluding carboxylic acids is 1. The molecule has 0 aliphatic heterocycles. The van der Waals surface area contributed by atoms with Gasteiger partial charge >= 0.3 is 5.97 Å². The lowest BCUT2D eigenvalue weighted by Gasteiger charge is -2.19. The molecule has 0 spiro atoms. The first kappa shape index (κ1) is 12.4. The molecule has 88 valence electrons. The Balaban J connectivity index is 2.95. The summed E-state index contributed by atoms with van der Waals surface area (Å²) in [4.78, 5) is 11.7. The van der Waals surface area contributed by atoms with Crippen molar-refractivity contribution in [2.45, 2.75) is 26.4 Å². The molecule has 4 nitrogen and oxygen atoms in total. The highest BCUT2D eigenvalue weighted by Gasteiger charge is 2.18.